The number of aryl methyl sites for hydroxylation is 2. The Labute approximate surface area is 169 Å². The molecular formula is C18H19N5O5S. The molecule has 29 heavy (non-hydrogen) atoms. The molecule has 1 aromatic carbocycles. The van der Waals surface area contributed by atoms with E-state index in [9.17, 15) is 14.4 Å². The number of carbonyl (C=O) groups is 1. The monoisotopic (exact) mass is 417 g/mol. The van der Waals surface area contributed by atoms with E-state index in [1.165, 1.54) is 23.4 Å². The molecule has 10 nitrogen and oxygen atoms in total. The van der Waals surface area contributed by atoms with E-state index >= 15 is 0 Å². The van der Waals surface area contributed by atoms with Gasteiger partial charge in [-0.05, 0) is 17.7 Å². The molecule has 3 aromatic rings. The van der Waals surface area contributed by atoms with Crippen molar-refractivity contribution in [2.24, 2.45) is 21.1 Å². The van der Waals surface area contributed by atoms with Gasteiger partial charge in [0.1, 0.15) is 0 Å². The van der Waals surface area contributed by atoms with Gasteiger partial charge in [-0.3, -0.25) is 18.7 Å². The molecule has 1 amide bonds. The number of carbonyl (C=O) groups excluding carboxylic acids is 1. The number of nitrogens with zero attached hydrogens (tertiary/aromatic N) is 4. The number of hydrogen-bond donors (Lipinski definition) is 1. The van der Waals surface area contributed by atoms with Gasteiger partial charge in [0.15, 0.2) is 27.8 Å². The Morgan fingerprint density at radius 3 is 2.69 bits per heavy atom. The average molecular weight is 417 g/mol. The third kappa shape index (κ3) is 3.37. The fourth-order valence-electron chi connectivity index (χ4n) is 3.06. The Morgan fingerprint density at radius 2 is 1.90 bits per heavy atom. The predicted octanol–water partition coefficient (Wildman–Crippen LogP) is 0.108. The number of amides is 1. The topological polar surface area (TPSA) is 109 Å². The van der Waals surface area contributed by atoms with Gasteiger partial charge in [-0.1, -0.05) is 17.8 Å². The summed E-state index contributed by atoms with van der Waals surface area (Å²) in [5, 5.41) is 3.32. The number of fused-ring (bicyclic) bond motifs is 2. The van der Waals surface area contributed by atoms with Crippen molar-refractivity contribution in [2.75, 3.05) is 12.5 Å². The van der Waals surface area contributed by atoms with Crippen LogP contribution in [0, 0.1) is 0 Å². The fourth-order valence-corrected chi connectivity index (χ4v) is 3.86. The summed E-state index contributed by atoms with van der Waals surface area (Å²) in [6.07, 6.45) is 0. The molecule has 11 heteroatoms. The smallest absolute Gasteiger partial charge is 0.332 e. The van der Waals surface area contributed by atoms with E-state index < -0.39 is 11.2 Å². The third-order valence-corrected chi connectivity index (χ3v) is 5.72. The predicted molar refractivity (Wildman–Crippen MR) is 106 cm³/mol. The fraction of sp³-hybridized carbons (Fsp3) is 0.333. The third-order valence-electron chi connectivity index (χ3n) is 4.69. The van der Waals surface area contributed by atoms with Gasteiger partial charge in [0.2, 0.25) is 12.7 Å². The lowest BCUT2D eigenvalue weighted by atomic mass is 10.2. The minimum atomic E-state index is -0.446. The van der Waals surface area contributed by atoms with Crippen LogP contribution in [0.4, 0.5) is 0 Å². The number of nitrogens with one attached hydrogen (secondary N) is 1. The first kappa shape index (κ1) is 19.1. The number of ether oxygens (including phenoxy) is 2. The van der Waals surface area contributed by atoms with E-state index in [2.05, 4.69) is 10.3 Å². The highest BCUT2D eigenvalue weighted by Crippen LogP contribution is 2.32. The number of rotatable bonds is 5. The highest BCUT2D eigenvalue weighted by atomic mass is 32.2. The zero-order chi connectivity index (χ0) is 20.7. The van der Waals surface area contributed by atoms with Crippen LogP contribution in [0.1, 0.15) is 5.56 Å². The first-order chi connectivity index (χ1) is 13.9. The zero-order valence-corrected chi connectivity index (χ0v) is 16.9. The number of thioether (sulfide) groups is 1. The Bertz CT molecular complexity index is 1240. The van der Waals surface area contributed by atoms with Crippen LogP contribution >= 0.6 is 11.8 Å². The van der Waals surface area contributed by atoms with Gasteiger partial charge in [-0.25, -0.2) is 9.78 Å². The summed E-state index contributed by atoms with van der Waals surface area (Å²) in [6, 6.07) is 5.50. The molecule has 152 valence electrons. The number of imidazole rings is 1. The summed E-state index contributed by atoms with van der Waals surface area (Å²) < 4.78 is 14.6. The molecule has 3 heterocycles. The van der Waals surface area contributed by atoms with Gasteiger partial charge in [0.25, 0.3) is 5.56 Å². The molecule has 0 aliphatic carbocycles. The largest absolute Gasteiger partial charge is 0.454 e. The standard InChI is InChI=1S/C18H19N5O5S/c1-21-14-15(22(2)18(26)23(3)16(14)25)20-17(21)29-8-13(24)19-7-10-4-5-11-12(6-10)28-9-27-11/h4-6H,7-9H2,1-3H3,(H,19,24). The summed E-state index contributed by atoms with van der Waals surface area (Å²) in [4.78, 5) is 41.1. The van der Waals surface area contributed by atoms with E-state index in [1.54, 1.807) is 18.7 Å². The Morgan fingerprint density at radius 1 is 1.14 bits per heavy atom. The summed E-state index contributed by atoms with van der Waals surface area (Å²) in [5.41, 5.74) is 0.645. The molecule has 0 spiro atoms. The number of aromatic nitrogens is 4. The second-order valence-electron chi connectivity index (χ2n) is 6.58. The van der Waals surface area contributed by atoms with Crippen molar-refractivity contribution in [2.45, 2.75) is 11.7 Å². The lowest BCUT2D eigenvalue weighted by Gasteiger charge is -2.06. The second-order valence-corrected chi connectivity index (χ2v) is 7.53. The van der Waals surface area contributed by atoms with E-state index in [0.717, 1.165) is 10.1 Å². The minimum Gasteiger partial charge on any atom is -0.454 e. The van der Waals surface area contributed by atoms with Gasteiger partial charge in [0, 0.05) is 27.7 Å². The van der Waals surface area contributed by atoms with Gasteiger partial charge in [0.05, 0.1) is 5.75 Å². The van der Waals surface area contributed by atoms with E-state index in [-0.39, 0.29) is 18.5 Å². The minimum absolute atomic E-state index is 0.121. The summed E-state index contributed by atoms with van der Waals surface area (Å²) in [6.45, 7) is 0.558. The van der Waals surface area contributed by atoms with E-state index in [1.807, 2.05) is 18.2 Å². The van der Waals surface area contributed by atoms with Gasteiger partial charge in [-0.15, -0.1) is 0 Å². The number of hydrogen-bond acceptors (Lipinski definition) is 7. The van der Waals surface area contributed by atoms with Crippen molar-refractivity contribution >= 4 is 28.8 Å². The second kappa shape index (κ2) is 7.32. The number of benzene rings is 1. The molecule has 1 aliphatic rings. The molecule has 0 saturated heterocycles. The summed E-state index contributed by atoms with van der Waals surface area (Å²) >= 11 is 1.20. The van der Waals surface area contributed by atoms with E-state index in [4.69, 9.17) is 9.47 Å². The maximum Gasteiger partial charge on any atom is 0.332 e. The average Bonchev–Trinajstić information content (AvgIpc) is 3.31. The molecule has 0 unspecified atom stereocenters. The van der Waals surface area contributed by atoms with E-state index in [0.29, 0.717) is 34.4 Å². The normalized spacial score (nSPS) is 12.5. The van der Waals surface area contributed by atoms with Crippen molar-refractivity contribution in [3.8, 4) is 11.5 Å². The van der Waals surface area contributed by atoms with Crippen molar-refractivity contribution in [1.82, 2.24) is 24.0 Å². The molecule has 2 aromatic heterocycles. The SMILES string of the molecule is Cn1c(=O)c2c(nc(SCC(=O)NCc3ccc4c(c3)OCO4)n2C)n(C)c1=O. The maximum atomic E-state index is 12.4. The van der Waals surface area contributed by atoms with Gasteiger partial charge in [-0.2, -0.15) is 0 Å². The van der Waals surface area contributed by atoms with Crippen LogP contribution in [0.25, 0.3) is 11.2 Å². The van der Waals surface area contributed by atoms with Crippen LogP contribution in [0.2, 0.25) is 0 Å². The van der Waals surface area contributed by atoms with Crippen LogP contribution < -0.4 is 26.0 Å². The Hall–Kier alpha value is -3.21. The van der Waals surface area contributed by atoms with Crippen LogP contribution in [0.5, 0.6) is 11.5 Å². The highest BCUT2D eigenvalue weighted by molar-refractivity contribution is 7.99. The molecule has 0 fully saturated rings. The molecule has 1 N–H and O–H groups in total. The zero-order valence-electron chi connectivity index (χ0n) is 16.1. The van der Waals surface area contributed by atoms with Crippen LogP contribution in [0.3, 0.4) is 0 Å². The quantitative estimate of drug-likeness (QED) is 0.587. The van der Waals surface area contributed by atoms with Crippen LogP contribution in [0.15, 0.2) is 32.9 Å². The summed E-state index contributed by atoms with van der Waals surface area (Å²) in [7, 11) is 4.67. The highest BCUT2D eigenvalue weighted by Gasteiger charge is 2.18. The van der Waals surface area contributed by atoms with Crippen molar-refractivity contribution < 1.29 is 14.3 Å². The molecule has 4 rings (SSSR count). The molecule has 0 saturated carbocycles. The first-order valence-electron chi connectivity index (χ1n) is 8.77. The van der Waals surface area contributed by atoms with Crippen molar-refractivity contribution in [3.63, 3.8) is 0 Å². The lowest BCUT2D eigenvalue weighted by Crippen LogP contribution is -2.37. The van der Waals surface area contributed by atoms with Gasteiger partial charge < -0.3 is 19.4 Å². The van der Waals surface area contributed by atoms with Gasteiger partial charge >= 0.3 is 5.69 Å². The summed E-state index contributed by atoms with van der Waals surface area (Å²) in [5.74, 6) is 1.30. The van der Waals surface area contributed by atoms with Crippen molar-refractivity contribution in [1.29, 1.82) is 0 Å². The lowest BCUT2D eigenvalue weighted by molar-refractivity contribution is -0.118. The van der Waals surface area contributed by atoms with Crippen LogP contribution in [-0.4, -0.2) is 37.1 Å². The molecule has 1 aliphatic heterocycles. The molecule has 0 bridgehead atoms. The molecular weight excluding hydrogens is 398 g/mol. The Balaban J connectivity index is 1.44. The molecule has 0 radical (unpaired) electrons. The first-order valence-corrected chi connectivity index (χ1v) is 9.76. The maximum absolute atomic E-state index is 12.4. The Kier molecular flexibility index (Phi) is 4.82. The van der Waals surface area contributed by atoms with Crippen LogP contribution in [-0.2, 0) is 32.5 Å². The van der Waals surface area contributed by atoms with Crippen molar-refractivity contribution in [3.05, 3.63) is 44.6 Å². The molecule has 0 atom stereocenters.